The Balaban J connectivity index is 3.36. The van der Waals surface area contributed by atoms with Gasteiger partial charge in [0.2, 0.25) is 0 Å². The molecule has 0 radical (unpaired) electrons. The normalized spacial score (nSPS) is 11.7. The molecule has 0 saturated heterocycles. The van der Waals surface area contributed by atoms with Gasteiger partial charge in [0.1, 0.15) is 5.69 Å². The standard InChI is InChI=1S/C7H2F7N/c8-4-1-3(7(10,11)12)2-5(6(4)9)15(13)14/h1-2H. The Morgan fingerprint density at radius 3 is 1.93 bits per heavy atom. The highest BCUT2D eigenvalue weighted by Crippen LogP contribution is 2.34. The topological polar surface area (TPSA) is 3.24 Å². The van der Waals surface area contributed by atoms with E-state index in [2.05, 4.69) is 0 Å². The molecule has 1 aromatic rings. The van der Waals surface area contributed by atoms with E-state index < -0.39 is 34.4 Å². The molecule has 0 fully saturated rings. The van der Waals surface area contributed by atoms with Gasteiger partial charge in [0.15, 0.2) is 11.6 Å². The molecule has 0 atom stereocenters. The van der Waals surface area contributed by atoms with Crippen LogP contribution in [0.25, 0.3) is 0 Å². The van der Waals surface area contributed by atoms with Crippen molar-refractivity contribution in [3.05, 3.63) is 29.3 Å². The van der Waals surface area contributed by atoms with Crippen molar-refractivity contribution in [3.63, 3.8) is 0 Å². The fourth-order valence-electron chi connectivity index (χ4n) is 0.861. The molecule has 0 aliphatic carbocycles. The average molecular weight is 233 g/mol. The zero-order valence-electron chi connectivity index (χ0n) is 6.75. The molecule has 0 N–H and O–H groups in total. The maximum Gasteiger partial charge on any atom is 0.416 e. The Kier molecular flexibility index (Phi) is 2.78. The third kappa shape index (κ3) is 2.31. The van der Waals surface area contributed by atoms with Crippen LogP contribution in [-0.2, 0) is 6.18 Å². The lowest BCUT2D eigenvalue weighted by atomic mass is 10.2. The molecule has 0 aliphatic rings. The molecular weight excluding hydrogens is 231 g/mol. The third-order valence-corrected chi connectivity index (χ3v) is 1.52. The number of hydrogen-bond acceptors (Lipinski definition) is 1. The van der Waals surface area contributed by atoms with E-state index in [1.165, 1.54) is 0 Å². The van der Waals surface area contributed by atoms with Crippen LogP contribution >= 0.6 is 0 Å². The van der Waals surface area contributed by atoms with E-state index in [0.717, 1.165) is 0 Å². The van der Waals surface area contributed by atoms with Gasteiger partial charge in [-0.2, -0.15) is 13.2 Å². The van der Waals surface area contributed by atoms with Crippen molar-refractivity contribution in [1.29, 1.82) is 0 Å². The summed E-state index contributed by atoms with van der Waals surface area (Å²) in [6.07, 6.45) is -5.01. The second-order valence-corrected chi connectivity index (χ2v) is 2.52. The molecule has 0 amide bonds. The summed E-state index contributed by atoms with van der Waals surface area (Å²) >= 11 is 0. The first-order valence-electron chi connectivity index (χ1n) is 3.41. The van der Waals surface area contributed by atoms with Crippen molar-refractivity contribution in [2.45, 2.75) is 6.18 Å². The van der Waals surface area contributed by atoms with Crippen LogP contribution in [0.3, 0.4) is 0 Å². The van der Waals surface area contributed by atoms with Gasteiger partial charge in [-0.3, -0.25) is 0 Å². The van der Waals surface area contributed by atoms with E-state index in [9.17, 15) is 30.9 Å². The molecule has 84 valence electrons. The van der Waals surface area contributed by atoms with Crippen molar-refractivity contribution >= 4 is 5.69 Å². The summed E-state index contributed by atoms with van der Waals surface area (Å²) < 4.78 is 84.7. The molecule has 0 heterocycles. The zero-order valence-corrected chi connectivity index (χ0v) is 6.75. The SMILES string of the molecule is Fc1cc(C(F)(F)F)cc(N(F)F)c1F. The Labute approximate surface area is 78.6 Å². The second-order valence-electron chi connectivity index (χ2n) is 2.52. The highest BCUT2D eigenvalue weighted by Gasteiger charge is 2.33. The number of hydrogen-bond donors (Lipinski definition) is 0. The van der Waals surface area contributed by atoms with Crippen molar-refractivity contribution in [1.82, 2.24) is 0 Å². The van der Waals surface area contributed by atoms with E-state index in [1.807, 2.05) is 0 Å². The van der Waals surface area contributed by atoms with Crippen LogP contribution in [0.1, 0.15) is 5.56 Å². The van der Waals surface area contributed by atoms with E-state index in [0.29, 0.717) is 0 Å². The number of rotatable bonds is 1. The molecule has 0 unspecified atom stereocenters. The number of alkyl halides is 3. The molecule has 8 heteroatoms. The minimum absolute atomic E-state index is 0.182. The third-order valence-electron chi connectivity index (χ3n) is 1.52. The Bertz CT molecular complexity index is 370. The van der Waals surface area contributed by atoms with Gasteiger partial charge in [0.25, 0.3) is 0 Å². The minimum Gasteiger partial charge on any atom is -0.204 e. The van der Waals surface area contributed by atoms with Crippen LogP contribution in [0.2, 0.25) is 0 Å². The molecule has 1 rings (SSSR count). The van der Waals surface area contributed by atoms with E-state index >= 15 is 0 Å². The first-order valence-corrected chi connectivity index (χ1v) is 3.41. The lowest BCUT2D eigenvalue weighted by Gasteiger charge is -2.10. The van der Waals surface area contributed by atoms with Gasteiger partial charge in [-0.15, -0.1) is 0 Å². The molecular formula is C7H2F7N. The van der Waals surface area contributed by atoms with Crippen LogP contribution in [0.4, 0.5) is 36.6 Å². The molecule has 0 saturated carbocycles. The van der Waals surface area contributed by atoms with Crippen LogP contribution in [0.5, 0.6) is 0 Å². The largest absolute Gasteiger partial charge is 0.416 e. The van der Waals surface area contributed by atoms with E-state index in [4.69, 9.17) is 0 Å². The molecule has 1 aromatic carbocycles. The summed E-state index contributed by atoms with van der Waals surface area (Å²) in [5.41, 5.74) is -3.45. The predicted octanol–water partition coefficient (Wildman–Crippen LogP) is 3.56. The van der Waals surface area contributed by atoms with Gasteiger partial charge in [0, 0.05) is 0 Å². The number of anilines is 1. The monoisotopic (exact) mass is 233 g/mol. The maximum atomic E-state index is 12.6. The smallest absolute Gasteiger partial charge is 0.204 e. The Morgan fingerprint density at radius 1 is 1.00 bits per heavy atom. The quantitative estimate of drug-likeness (QED) is 0.529. The summed E-state index contributed by atoms with van der Waals surface area (Å²) in [7, 11) is 0. The predicted molar refractivity (Wildman–Crippen MR) is 36.1 cm³/mol. The summed E-state index contributed by atoms with van der Waals surface area (Å²) in [5.74, 6) is -4.02. The minimum atomic E-state index is -5.01. The van der Waals surface area contributed by atoms with Crippen LogP contribution in [-0.4, -0.2) is 0 Å². The number of benzene rings is 1. The molecule has 0 spiro atoms. The lowest BCUT2D eigenvalue weighted by Crippen LogP contribution is -2.09. The maximum absolute atomic E-state index is 12.6. The van der Waals surface area contributed by atoms with Crippen LogP contribution < -0.4 is 5.34 Å². The molecule has 0 aromatic heterocycles. The van der Waals surface area contributed by atoms with Gasteiger partial charge in [-0.25, -0.2) is 8.78 Å². The van der Waals surface area contributed by atoms with Crippen molar-refractivity contribution in [2.24, 2.45) is 0 Å². The van der Waals surface area contributed by atoms with Crippen molar-refractivity contribution in [2.75, 3.05) is 5.34 Å². The first-order chi connectivity index (χ1) is 6.73. The molecule has 1 nitrogen and oxygen atoms in total. The van der Waals surface area contributed by atoms with Crippen LogP contribution in [0.15, 0.2) is 12.1 Å². The molecule has 0 aliphatic heterocycles. The fourth-order valence-corrected chi connectivity index (χ4v) is 0.861. The van der Waals surface area contributed by atoms with Crippen molar-refractivity contribution in [3.8, 4) is 0 Å². The number of halogens is 7. The summed E-state index contributed by atoms with van der Waals surface area (Å²) in [4.78, 5) is 0. The van der Waals surface area contributed by atoms with Gasteiger partial charge >= 0.3 is 6.18 Å². The van der Waals surface area contributed by atoms with Gasteiger partial charge in [0.05, 0.1) is 5.56 Å². The Morgan fingerprint density at radius 2 is 1.53 bits per heavy atom. The highest BCUT2D eigenvalue weighted by atomic mass is 19.4. The first kappa shape index (κ1) is 11.6. The van der Waals surface area contributed by atoms with Crippen molar-refractivity contribution < 1.29 is 30.9 Å². The molecule has 0 bridgehead atoms. The lowest BCUT2D eigenvalue weighted by molar-refractivity contribution is -0.137. The summed E-state index contributed by atoms with van der Waals surface area (Å²) in [6, 6.07) is -0.374. The fraction of sp³-hybridized carbons (Fsp3) is 0.143. The number of nitrogens with zero attached hydrogens (tertiary/aromatic N) is 1. The summed E-state index contributed by atoms with van der Waals surface area (Å²) in [6.45, 7) is 0. The molecule has 15 heavy (non-hydrogen) atoms. The zero-order chi connectivity index (χ0) is 11.8. The average Bonchev–Trinajstić information content (AvgIpc) is 2.06. The van der Waals surface area contributed by atoms with Crippen LogP contribution in [0, 0.1) is 11.6 Å². The Hall–Kier alpha value is -1.47. The van der Waals surface area contributed by atoms with E-state index in [-0.39, 0.29) is 12.1 Å². The summed E-state index contributed by atoms with van der Waals surface area (Å²) in [5, 5.41) is -1.92. The van der Waals surface area contributed by atoms with E-state index in [1.54, 1.807) is 0 Å². The van der Waals surface area contributed by atoms with Gasteiger partial charge in [-0.05, 0) is 17.5 Å². The van der Waals surface area contributed by atoms with Gasteiger partial charge < -0.3 is 0 Å². The highest BCUT2D eigenvalue weighted by molar-refractivity contribution is 5.47. The van der Waals surface area contributed by atoms with Gasteiger partial charge in [-0.1, -0.05) is 8.96 Å². The second kappa shape index (κ2) is 3.59.